The molecule has 0 spiro atoms. The lowest BCUT2D eigenvalue weighted by atomic mass is 10.0. The van der Waals surface area contributed by atoms with Gasteiger partial charge in [0.2, 0.25) is 0 Å². The number of carbonyl (C=O) groups excluding carboxylic acids is 1. The summed E-state index contributed by atoms with van der Waals surface area (Å²) in [6.07, 6.45) is -3.57. The Labute approximate surface area is 171 Å². The number of hydrogen-bond donors (Lipinski definition) is 0. The van der Waals surface area contributed by atoms with E-state index in [9.17, 15) is 18.0 Å². The Morgan fingerprint density at radius 1 is 1.00 bits per heavy atom. The largest absolute Gasteiger partial charge is 0.496 e. The van der Waals surface area contributed by atoms with Gasteiger partial charge < -0.3 is 14.5 Å². The van der Waals surface area contributed by atoms with E-state index in [0.717, 1.165) is 23.0 Å². The molecule has 8 heteroatoms. The minimum atomic E-state index is -4.41. The molecule has 30 heavy (non-hydrogen) atoms. The first-order valence-corrected chi connectivity index (χ1v) is 9.51. The summed E-state index contributed by atoms with van der Waals surface area (Å²) in [5.74, 6) is 0.863. The van der Waals surface area contributed by atoms with E-state index in [0.29, 0.717) is 43.3 Å². The summed E-state index contributed by atoms with van der Waals surface area (Å²) in [7, 11) is 1.54. The van der Waals surface area contributed by atoms with Crippen LogP contribution in [-0.2, 0) is 6.18 Å². The molecule has 2 heterocycles. The Balaban J connectivity index is 1.48. The molecule has 1 aromatic heterocycles. The number of halogens is 3. The lowest BCUT2D eigenvalue weighted by Crippen LogP contribution is -2.49. The average Bonchev–Trinajstić information content (AvgIpc) is 2.77. The Bertz CT molecular complexity index is 1060. The smallest absolute Gasteiger partial charge is 0.417 e. The zero-order valence-corrected chi connectivity index (χ0v) is 16.3. The zero-order valence-electron chi connectivity index (χ0n) is 16.3. The van der Waals surface area contributed by atoms with E-state index in [4.69, 9.17) is 4.74 Å². The van der Waals surface area contributed by atoms with Crippen LogP contribution in [0.1, 0.15) is 15.9 Å². The van der Waals surface area contributed by atoms with Crippen LogP contribution in [0.2, 0.25) is 0 Å². The van der Waals surface area contributed by atoms with Gasteiger partial charge in [-0.05, 0) is 35.0 Å². The average molecular weight is 415 g/mol. The number of pyridine rings is 1. The minimum Gasteiger partial charge on any atom is -0.496 e. The molecule has 1 aliphatic rings. The van der Waals surface area contributed by atoms with Crippen molar-refractivity contribution < 1.29 is 22.7 Å². The Morgan fingerprint density at radius 3 is 2.23 bits per heavy atom. The van der Waals surface area contributed by atoms with E-state index < -0.39 is 11.7 Å². The topological polar surface area (TPSA) is 45.7 Å². The van der Waals surface area contributed by atoms with Gasteiger partial charge in [0, 0.05) is 32.4 Å². The van der Waals surface area contributed by atoms with Gasteiger partial charge in [-0.1, -0.05) is 24.3 Å². The van der Waals surface area contributed by atoms with Gasteiger partial charge in [0.05, 0.1) is 18.2 Å². The molecule has 0 radical (unpaired) electrons. The summed E-state index contributed by atoms with van der Waals surface area (Å²) in [5.41, 5.74) is -0.277. The lowest BCUT2D eigenvalue weighted by molar-refractivity contribution is -0.137. The summed E-state index contributed by atoms with van der Waals surface area (Å²) >= 11 is 0. The number of anilines is 1. The van der Waals surface area contributed by atoms with Gasteiger partial charge in [0.1, 0.15) is 11.6 Å². The van der Waals surface area contributed by atoms with Crippen molar-refractivity contribution in [3.63, 3.8) is 0 Å². The normalized spacial score (nSPS) is 14.8. The molecular formula is C22H20F3N3O2. The van der Waals surface area contributed by atoms with Crippen LogP contribution in [0.3, 0.4) is 0 Å². The number of benzene rings is 2. The third-order valence-corrected chi connectivity index (χ3v) is 5.26. The molecule has 0 atom stereocenters. The first-order valence-electron chi connectivity index (χ1n) is 9.51. The first-order chi connectivity index (χ1) is 14.4. The standard InChI is InChI=1S/C22H20F3N3O2/c1-30-19-13-16-5-3-2-4-15(16)12-18(19)21(29)28-10-8-27(9-11-28)20-7-6-17(14-26-20)22(23,24)25/h2-7,12-14H,8-11H2,1H3. The Morgan fingerprint density at radius 2 is 1.67 bits per heavy atom. The number of carbonyl (C=O) groups is 1. The SMILES string of the molecule is COc1cc2ccccc2cc1C(=O)N1CCN(c2ccc(C(F)(F)F)cn2)CC1. The van der Waals surface area contributed by atoms with E-state index in [1.165, 1.54) is 13.2 Å². The molecular weight excluding hydrogens is 395 g/mol. The molecule has 156 valence electrons. The second-order valence-electron chi connectivity index (χ2n) is 7.08. The molecule has 1 amide bonds. The fraction of sp³-hybridized carbons (Fsp3) is 0.273. The third kappa shape index (κ3) is 3.90. The fourth-order valence-corrected chi connectivity index (χ4v) is 3.61. The molecule has 0 unspecified atom stereocenters. The van der Waals surface area contributed by atoms with Gasteiger partial charge in [-0.15, -0.1) is 0 Å². The van der Waals surface area contributed by atoms with Crippen molar-refractivity contribution in [1.29, 1.82) is 0 Å². The van der Waals surface area contributed by atoms with Crippen LogP contribution in [0.15, 0.2) is 54.7 Å². The van der Waals surface area contributed by atoms with Gasteiger partial charge in [0.15, 0.2) is 0 Å². The second-order valence-corrected chi connectivity index (χ2v) is 7.08. The Kier molecular flexibility index (Phi) is 5.24. The highest BCUT2D eigenvalue weighted by molar-refractivity contribution is 6.01. The maximum absolute atomic E-state index is 13.1. The number of amides is 1. The molecule has 4 rings (SSSR count). The van der Waals surface area contributed by atoms with Crippen molar-refractivity contribution in [3.8, 4) is 5.75 Å². The molecule has 2 aromatic carbocycles. The monoisotopic (exact) mass is 415 g/mol. The lowest BCUT2D eigenvalue weighted by Gasteiger charge is -2.35. The van der Waals surface area contributed by atoms with Crippen LogP contribution >= 0.6 is 0 Å². The molecule has 1 aliphatic heterocycles. The summed E-state index contributed by atoms with van der Waals surface area (Å²) in [6.45, 7) is 1.86. The second kappa shape index (κ2) is 7.85. The van der Waals surface area contributed by atoms with Crippen LogP contribution < -0.4 is 9.64 Å². The number of nitrogens with zero attached hydrogens (tertiary/aromatic N) is 3. The van der Waals surface area contributed by atoms with Crippen molar-refractivity contribution in [3.05, 3.63) is 65.9 Å². The van der Waals surface area contributed by atoms with Gasteiger partial charge in [0.25, 0.3) is 5.91 Å². The Hall–Kier alpha value is -3.29. The highest BCUT2D eigenvalue weighted by Gasteiger charge is 2.31. The van der Waals surface area contributed by atoms with Crippen LogP contribution in [0.25, 0.3) is 10.8 Å². The fourth-order valence-electron chi connectivity index (χ4n) is 3.61. The van der Waals surface area contributed by atoms with E-state index >= 15 is 0 Å². The molecule has 0 saturated carbocycles. The molecule has 5 nitrogen and oxygen atoms in total. The van der Waals surface area contributed by atoms with Gasteiger partial charge in [-0.25, -0.2) is 4.98 Å². The number of aromatic nitrogens is 1. The predicted octanol–water partition coefficient (Wildman–Crippen LogP) is 4.22. The van der Waals surface area contributed by atoms with E-state index in [1.807, 2.05) is 41.3 Å². The number of alkyl halides is 3. The van der Waals surface area contributed by atoms with Crippen molar-refractivity contribution in [2.75, 3.05) is 38.2 Å². The van der Waals surface area contributed by atoms with Gasteiger partial charge in [-0.2, -0.15) is 13.2 Å². The quantitative estimate of drug-likeness (QED) is 0.643. The number of ether oxygens (including phenoxy) is 1. The molecule has 3 aromatic rings. The number of fused-ring (bicyclic) bond motifs is 1. The molecule has 0 aliphatic carbocycles. The molecule has 1 fully saturated rings. The van der Waals surface area contributed by atoms with Crippen LogP contribution in [0, 0.1) is 0 Å². The summed E-state index contributed by atoms with van der Waals surface area (Å²) < 4.78 is 43.6. The maximum atomic E-state index is 13.1. The highest BCUT2D eigenvalue weighted by atomic mass is 19.4. The zero-order chi connectivity index (χ0) is 21.3. The van der Waals surface area contributed by atoms with E-state index in [1.54, 1.807) is 4.90 Å². The third-order valence-electron chi connectivity index (χ3n) is 5.26. The number of piperazine rings is 1. The predicted molar refractivity (Wildman–Crippen MR) is 108 cm³/mol. The summed E-state index contributed by atoms with van der Waals surface area (Å²) in [5, 5.41) is 1.94. The van der Waals surface area contributed by atoms with Crippen LogP contribution in [-0.4, -0.2) is 49.1 Å². The molecule has 1 saturated heterocycles. The van der Waals surface area contributed by atoms with Gasteiger partial charge in [-0.3, -0.25) is 4.79 Å². The van der Waals surface area contributed by atoms with Crippen molar-refractivity contribution in [2.45, 2.75) is 6.18 Å². The number of rotatable bonds is 3. The van der Waals surface area contributed by atoms with Crippen molar-refractivity contribution in [1.82, 2.24) is 9.88 Å². The first kappa shape index (κ1) is 20.0. The van der Waals surface area contributed by atoms with Crippen molar-refractivity contribution in [2.24, 2.45) is 0 Å². The minimum absolute atomic E-state index is 0.127. The summed E-state index contributed by atoms with van der Waals surface area (Å²) in [6, 6.07) is 13.8. The molecule has 0 bridgehead atoms. The number of hydrogen-bond acceptors (Lipinski definition) is 4. The van der Waals surface area contributed by atoms with E-state index in [-0.39, 0.29) is 5.91 Å². The molecule has 0 N–H and O–H groups in total. The number of methoxy groups -OCH3 is 1. The van der Waals surface area contributed by atoms with Crippen LogP contribution in [0.5, 0.6) is 5.75 Å². The maximum Gasteiger partial charge on any atom is 0.417 e. The highest BCUT2D eigenvalue weighted by Crippen LogP contribution is 2.30. The van der Waals surface area contributed by atoms with Crippen LogP contribution in [0.4, 0.5) is 19.0 Å². The summed E-state index contributed by atoms with van der Waals surface area (Å²) in [4.78, 5) is 20.7. The van der Waals surface area contributed by atoms with Crippen molar-refractivity contribution >= 4 is 22.5 Å². The van der Waals surface area contributed by atoms with Gasteiger partial charge >= 0.3 is 6.18 Å². The van der Waals surface area contributed by atoms with E-state index in [2.05, 4.69) is 4.98 Å².